The van der Waals surface area contributed by atoms with Crippen LogP contribution in [0.2, 0.25) is 0 Å². The van der Waals surface area contributed by atoms with Crippen LogP contribution in [0.1, 0.15) is 11.3 Å². The lowest BCUT2D eigenvalue weighted by atomic mass is 10.2. The van der Waals surface area contributed by atoms with Gasteiger partial charge in [0.15, 0.2) is 0 Å². The van der Waals surface area contributed by atoms with Gasteiger partial charge in [-0.05, 0) is 30.7 Å². The maximum atomic E-state index is 4.30. The van der Waals surface area contributed by atoms with Gasteiger partial charge < -0.3 is 5.32 Å². The summed E-state index contributed by atoms with van der Waals surface area (Å²) in [5.41, 5.74) is 3.40. The molecule has 0 atom stereocenters. The number of nitrogens with one attached hydrogen (secondary N) is 1. The van der Waals surface area contributed by atoms with Crippen LogP contribution in [0.25, 0.3) is 0 Å². The smallest absolute Gasteiger partial charge is 0.0481 e. The zero-order chi connectivity index (χ0) is 13.5. The highest BCUT2D eigenvalue weighted by Crippen LogP contribution is 2.27. The molecule has 0 saturated heterocycles. The Morgan fingerprint density at radius 2 is 2.11 bits per heavy atom. The molecule has 1 N–H and O–H groups in total. The molecule has 0 fully saturated rings. The van der Waals surface area contributed by atoms with E-state index in [2.05, 4.69) is 41.1 Å². The summed E-state index contributed by atoms with van der Waals surface area (Å²) in [4.78, 5) is 5.56. The van der Waals surface area contributed by atoms with Crippen molar-refractivity contribution in [3.8, 4) is 0 Å². The van der Waals surface area contributed by atoms with Gasteiger partial charge in [-0.15, -0.1) is 18.3 Å². The summed E-state index contributed by atoms with van der Waals surface area (Å²) in [6, 6.07) is 12.5. The van der Waals surface area contributed by atoms with E-state index in [1.165, 1.54) is 10.5 Å². The van der Waals surface area contributed by atoms with Gasteiger partial charge in [-0.2, -0.15) is 0 Å². The minimum absolute atomic E-state index is 0.791. The number of hydrogen-bond acceptors (Lipinski definition) is 3. The molecule has 0 saturated carbocycles. The Morgan fingerprint density at radius 1 is 1.26 bits per heavy atom. The highest BCUT2D eigenvalue weighted by molar-refractivity contribution is 7.99. The minimum atomic E-state index is 0.791. The van der Waals surface area contributed by atoms with Gasteiger partial charge in [0.25, 0.3) is 0 Å². The second-order valence-corrected chi connectivity index (χ2v) is 5.32. The third kappa shape index (κ3) is 4.14. The average molecular weight is 270 g/mol. The number of benzene rings is 1. The Morgan fingerprint density at radius 3 is 2.84 bits per heavy atom. The lowest BCUT2D eigenvalue weighted by Gasteiger charge is -2.11. The van der Waals surface area contributed by atoms with Crippen LogP contribution in [0, 0.1) is 6.92 Å². The molecular formula is C16H18N2S. The van der Waals surface area contributed by atoms with E-state index < -0.39 is 0 Å². The number of anilines is 1. The fourth-order valence-corrected chi connectivity index (χ4v) is 2.46. The number of aromatic nitrogens is 1. The Hall–Kier alpha value is -1.74. The van der Waals surface area contributed by atoms with E-state index in [0.29, 0.717) is 0 Å². The first-order chi connectivity index (χ1) is 9.29. The molecule has 1 aromatic carbocycles. The second-order valence-electron chi connectivity index (χ2n) is 4.26. The van der Waals surface area contributed by atoms with Crippen LogP contribution in [0.15, 0.2) is 60.1 Å². The zero-order valence-corrected chi connectivity index (χ0v) is 11.9. The Kier molecular flexibility index (Phi) is 5.04. The molecule has 1 heterocycles. The van der Waals surface area contributed by atoms with Crippen molar-refractivity contribution in [1.82, 2.24) is 4.98 Å². The van der Waals surface area contributed by atoms with Gasteiger partial charge in [0.1, 0.15) is 0 Å². The Bertz CT molecular complexity index is 535. The van der Waals surface area contributed by atoms with Gasteiger partial charge in [0.05, 0.1) is 0 Å². The summed E-state index contributed by atoms with van der Waals surface area (Å²) >= 11 is 1.79. The number of aryl methyl sites for hydroxylation is 1. The highest BCUT2D eigenvalue weighted by Gasteiger charge is 2.01. The number of pyridine rings is 1. The highest BCUT2D eigenvalue weighted by atomic mass is 32.2. The van der Waals surface area contributed by atoms with Crippen LogP contribution < -0.4 is 5.32 Å². The van der Waals surface area contributed by atoms with Gasteiger partial charge >= 0.3 is 0 Å². The molecule has 0 aliphatic rings. The number of thioether (sulfide) groups is 1. The summed E-state index contributed by atoms with van der Waals surface area (Å²) in [5.74, 6) is 0.921. The van der Waals surface area contributed by atoms with E-state index in [4.69, 9.17) is 0 Å². The Balaban J connectivity index is 2.02. The predicted octanol–water partition coefficient (Wildman–Crippen LogP) is 4.28. The maximum absolute atomic E-state index is 4.30. The lowest BCUT2D eigenvalue weighted by molar-refractivity contribution is 1.08. The molecule has 0 radical (unpaired) electrons. The summed E-state index contributed by atoms with van der Waals surface area (Å²) in [6.45, 7) is 6.55. The van der Waals surface area contributed by atoms with E-state index in [1.807, 2.05) is 31.3 Å². The van der Waals surface area contributed by atoms with Crippen molar-refractivity contribution in [2.75, 3.05) is 11.1 Å². The largest absolute Gasteiger partial charge is 0.380 e. The Labute approximate surface area is 119 Å². The fraction of sp³-hybridized carbons (Fsp3) is 0.188. The van der Waals surface area contributed by atoms with Crippen molar-refractivity contribution < 1.29 is 0 Å². The monoisotopic (exact) mass is 270 g/mol. The van der Waals surface area contributed by atoms with E-state index in [-0.39, 0.29) is 0 Å². The van der Waals surface area contributed by atoms with Crippen molar-refractivity contribution in [1.29, 1.82) is 0 Å². The van der Waals surface area contributed by atoms with Crippen molar-refractivity contribution >= 4 is 17.4 Å². The van der Waals surface area contributed by atoms with Gasteiger partial charge in [0.2, 0.25) is 0 Å². The first-order valence-corrected chi connectivity index (χ1v) is 7.26. The number of nitrogens with zero attached hydrogens (tertiary/aromatic N) is 1. The normalized spacial score (nSPS) is 10.2. The van der Waals surface area contributed by atoms with E-state index in [9.17, 15) is 0 Å². The summed E-state index contributed by atoms with van der Waals surface area (Å²) in [7, 11) is 0. The predicted molar refractivity (Wildman–Crippen MR) is 83.7 cm³/mol. The van der Waals surface area contributed by atoms with Gasteiger partial charge in [-0.3, -0.25) is 4.98 Å². The van der Waals surface area contributed by atoms with Crippen molar-refractivity contribution in [2.45, 2.75) is 18.4 Å². The molecule has 0 unspecified atom stereocenters. The molecule has 98 valence electrons. The fourth-order valence-electron chi connectivity index (χ4n) is 1.69. The SMILES string of the molecule is C=CCSc1ccccc1NCc1ccc(C)nc1. The van der Waals surface area contributed by atoms with Crippen LogP contribution in [0.4, 0.5) is 5.69 Å². The van der Waals surface area contributed by atoms with Crippen LogP contribution in [0.3, 0.4) is 0 Å². The number of para-hydroxylation sites is 1. The van der Waals surface area contributed by atoms with E-state index in [1.54, 1.807) is 11.8 Å². The lowest BCUT2D eigenvalue weighted by Crippen LogP contribution is -2.01. The molecule has 0 aliphatic heterocycles. The molecule has 0 amide bonds. The van der Waals surface area contributed by atoms with Crippen molar-refractivity contribution in [3.05, 3.63) is 66.5 Å². The van der Waals surface area contributed by atoms with Crippen molar-refractivity contribution in [3.63, 3.8) is 0 Å². The third-order valence-electron chi connectivity index (χ3n) is 2.70. The number of rotatable bonds is 6. The van der Waals surface area contributed by atoms with Crippen molar-refractivity contribution in [2.24, 2.45) is 0 Å². The van der Waals surface area contributed by atoms with Crippen LogP contribution in [-0.2, 0) is 6.54 Å². The van der Waals surface area contributed by atoms with Gasteiger partial charge in [-0.1, -0.05) is 24.3 Å². The molecule has 2 rings (SSSR count). The summed E-state index contributed by atoms with van der Waals surface area (Å²) in [5, 5.41) is 3.46. The van der Waals surface area contributed by atoms with Crippen LogP contribution >= 0.6 is 11.8 Å². The molecule has 1 aromatic heterocycles. The molecular weight excluding hydrogens is 252 g/mol. The van der Waals surface area contributed by atoms with Gasteiger partial charge in [-0.25, -0.2) is 0 Å². The van der Waals surface area contributed by atoms with E-state index >= 15 is 0 Å². The topological polar surface area (TPSA) is 24.9 Å². The molecule has 0 bridgehead atoms. The molecule has 0 aliphatic carbocycles. The summed E-state index contributed by atoms with van der Waals surface area (Å²) < 4.78 is 0. The van der Waals surface area contributed by atoms with Crippen LogP contribution in [0.5, 0.6) is 0 Å². The first-order valence-electron chi connectivity index (χ1n) is 6.27. The molecule has 19 heavy (non-hydrogen) atoms. The second kappa shape index (κ2) is 7.00. The molecule has 2 nitrogen and oxygen atoms in total. The average Bonchev–Trinajstić information content (AvgIpc) is 2.45. The number of hydrogen-bond donors (Lipinski definition) is 1. The first kappa shape index (κ1) is 13.7. The quantitative estimate of drug-likeness (QED) is 0.626. The van der Waals surface area contributed by atoms with E-state index in [0.717, 1.165) is 23.7 Å². The molecule has 0 spiro atoms. The molecule has 3 heteroatoms. The summed E-state index contributed by atoms with van der Waals surface area (Å²) in [6.07, 6.45) is 3.84. The van der Waals surface area contributed by atoms with Crippen LogP contribution in [-0.4, -0.2) is 10.7 Å². The molecule has 2 aromatic rings. The van der Waals surface area contributed by atoms with Gasteiger partial charge in [0, 0.05) is 34.8 Å². The minimum Gasteiger partial charge on any atom is -0.380 e. The third-order valence-corrected chi connectivity index (χ3v) is 3.77. The zero-order valence-electron chi connectivity index (χ0n) is 11.1. The maximum Gasteiger partial charge on any atom is 0.0481 e. The standard InChI is InChI=1S/C16H18N2S/c1-3-10-19-16-7-5-4-6-15(16)18-12-14-9-8-13(2)17-11-14/h3-9,11,18H,1,10,12H2,2H3.